The van der Waals surface area contributed by atoms with Gasteiger partial charge in [-0.15, -0.1) is 0 Å². The lowest BCUT2D eigenvalue weighted by molar-refractivity contribution is -0.137. The van der Waals surface area contributed by atoms with E-state index in [0.29, 0.717) is 6.54 Å². The zero-order valence-electron chi connectivity index (χ0n) is 15.5. The highest BCUT2D eigenvalue weighted by Gasteiger charge is 2.30. The molecule has 2 N–H and O–H groups in total. The predicted molar refractivity (Wildman–Crippen MR) is 99.8 cm³/mol. The number of piperidine rings is 1. The highest BCUT2D eigenvalue weighted by Crippen LogP contribution is 2.30. The number of furan rings is 1. The summed E-state index contributed by atoms with van der Waals surface area (Å²) in [6.45, 7) is 2.18. The van der Waals surface area contributed by atoms with E-state index in [9.17, 15) is 18.0 Å². The van der Waals surface area contributed by atoms with Gasteiger partial charge in [-0.3, -0.25) is 9.69 Å². The van der Waals surface area contributed by atoms with Crippen molar-refractivity contribution in [3.05, 3.63) is 54.0 Å². The lowest BCUT2D eigenvalue weighted by Crippen LogP contribution is -2.41. The zero-order chi connectivity index (χ0) is 20.0. The molecule has 0 aliphatic carbocycles. The van der Waals surface area contributed by atoms with Crippen LogP contribution in [-0.4, -0.2) is 37.0 Å². The number of carbonyl (C=O) groups excluding carboxylic acids is 1. The average molecular weight is 395 g/mol. The molecule has 0 saturated carbocycles. The molecule has 1 aliphatic heterocycles. The van der Waals surface area contributed by atoms with Crippen molar-refractivity contribution in [2.75, 3.05) is 31.5 Å². The van der Waals surface area contributed by atoms with Crippen LogP contribution in [0.5, 0.6) is 0 Å². The van der Waals surface area contributed by atoms with Crippen LogP contribution in [0.15, 0.2) is 47.1 Å². The second kappa shape index (κ2) is 9.14. The molecule has 1 atom stereocenters. The molecular weight excluding hydrogens is 371 g/mol. The number of likely N-dealkylation sites (tertiary alicyclic amines) is 1. The molecule has 2 aromatic rings. The van der Waals surface area contributed by atoms with Gasteiger partial charge in [0.25, 0.3) is 0 Å². The van der Waals surface area contributed by atoms with Crippen LogP contribution in [0.1, 0.15) is 36.6 Å². The van der Waals surface area contributed by atoms with Crippen molar-refractivity contribution in [1.82, 2.24) is 10.2 Å². The molecule has 5 nitrogen and oxygen atoms in total. The van der Waals surface area contributed by atoms with Crippen LogP contribution in [0.25, 0.3) is 0 Å². The van der Waals surface area contributed by atoms with Crippen molar-refractivity contribution in [2.45, 2.75) is 31.5 Å². The standard InChI is InChI=1S/C20H24F3N3O2/c21-20(22,23)15-6-4-7-16(12-15)24-14-19(27)25-13-17(18-8-5-11-28-18)26-9-2-1-3-10-26/h4-8,11-12,17,24H,1-3,9-10,13-14H2,(H,25,27). The summed E-state index contributed by atoms with van der Waals surface area (Å²) in [5.41, 5.74) is -0.496. The summed E-state index contributed by atoms with van der Waals surface area (Å²) in [7, 11) is 0. The number of carbonyl (C=O) groups is 1. The van der Waals surface area contributed by atoms with Gasteiger partial charge in [-0.1, -0.05) is 12.5 Å². The van der Waals surface area contributed by atoms with Gasteiger partial charge in [-0.25, -0.2) is 0 Å². The van der Waals surface area contributed by atoms with Gasteiger partial charge < -0.3 is 15.1 Å². The summed E-state index contributed by atoms with van der Waals surface area (Å²) in [4.78, 5) is 14.5. The summed E-state index contributed by atoms with van der Waals surface area (Å²) in [6, 6.07) is 8.47. The maximum absolute atomic E-state index is 12.8. The Kier molecular flexibility index (Phi) is 6.61. The van der Waals surface area contributed by atoms with E-state index in [1.54, 1.807) is 6.26 Å². The third-order valence-electron chi connectivity index (χ3n) is 4.84. The van der Waals surface area contributed by atoms with Crippen LogP contribution in [0.4, 0.5) is 18.9 Å². The first kappa shape index (κ1) is 20.3. The molecule has 1 saturated heterocycles. The van der Waals surface area contributed by atoms with Crippen molar-refractivity contribution in [2.24, 2.45) is 0 Å². The molecule has 1 amide bonds. The van der Waals surface area contributed by atoms with Crippen molar-refractivity contribution in [3.8, 4) is 0 Å². The molecule has 152 valence electrons. The first-order chi connectivity index (χ1) is 13.4. The molecule has 0 bridgehead atoms. The van der Waals surface area contributed by atoms with Crippen molar-refractivity contribution in [1.29, 1.82) is 0 Å². The van der Waals surface area contributed by atoms with Gasteiger partial charge in [0.15, 0.2) is 0 Å². The van der Waals surface area contributed by atoms with Gasteiger partial charge in [-0.2, -0.15) is 13.2 Å². The quantitative estimate of drug-likeness (QED) is 0.743. The molecule has 1 aromatic heterocycles. The highest BCUT2D eigenvalue weighted by atomic mass is 19.4. The van der Waals surface area contributed by atoms with Crippen molar-refractivity contribution in [3.63, 3.8) is 0 Å². The average Bonchev–Trinajstić information content (AvgIpc) is 3.21. The number of hydrogen-bond donors (Lipinski definition) is 2. The largest absolute Gasteiger partial charge is 0.468 e. The first-order valence-electron chi connectivity index (χ1n) is 9.39. The Hall–Kier alpha value is -2.48. The lowest BCUT2D eigenvalue weighted by Gasteiger charge is -2.33. The van der Waals surface area contributed by atoms with Crippen LogP contribution in [0, 0.1) is 0 Å². The van der Waals surface area contributed by atoms with Gasteiger partial charge in [0.1, 0.15) is 5.76 Å². The van der Waals surface area contributed by atoms with Gasteiger partial charge in [0.05, 0.1) is 24.4 Å². The zero-order valence-corrected chi connectivity index (χ0v) is 15.5. The predicted octanol–water partition coefficient (Wildman–Crippen LogP) is 4.05. The fraction of sp³-hybridized carbons (Fsp3) is 0.450. The van der Waals surface area contributed by atoms with Gasteiger partial charge >= 0.3 is 6.18 Å². The highest BCUT2D eigenvalue weighted by molar-refractivity contribution is 5.80. The van der Waals surface area contributed by atoms with Crippen molar-refractivity contribution >= 4 is 11.6 Å². The smallest absolute Gasteiger partial charge is 0.416 e. The monoisotopic (exact) mass is 395 g/mol. The lowest BCUT2D eigenvalue weighted by atomic mass is 10.1. The van der Waals surface area contributed by atoms with Gasteiger partial charge in [0.2, 0.25) is 5.91 Å². The van der Waals surface area contributed by atoms with E-state index in [2.05, 4.69) is 15.5 Å². The first-order valence-corrected chi connectivity index (χ1v) is 9.39. The van der Waals surface area contributed by atoms with E-state index < -0.39 is 11.7 Å². The molecule has 8 heteroatoms. The Bertz CT molecular complexity index is 756. The number of rotatable bonds is 7. The number of amides is 1. The Morgan fingerprint density at radius 3 is 2.61 bits per heavy atom. The van der Waals surface area contributed by atoms with Crippen LogP contribution < -0.4 is 10.6 Å². The Morgan fingerprint density at radius 2 is 1.93 bits per heavy atom. The van der Waals surface area contributed by atoms with Crippen LogP contribution in [-0.2, 0) is 11.0 Å². The minimum absolute atomic E-state index is 0.0483. The summed E-state index contributed by atoms with van der Waals surface area (Å²) >= 11 is 0. The third kappa shape index (κ3) is 5.51. The molecule has 0 radical (unpaired) electrons. The van der Waals surface area contributed by atoms with Crippen LogP contribution in [0.3, 0.4) is 0 Å². The Balaban J connectivity index is 1.53. The molecule has 1 aromatic carbocycles. The molecule has 2 heterocycles. The molecule has 0 spiro atoms. The molecular formula is C20H24F3N3O2. The maximum atomic E-state index is 12.8. The molecule has 1 aliphatic rings. The summed E-state index contributed by atoms with van der Waals surface area (Å²) in [6.07, 6.45) is 0.632. The number of hydrogen-bond acceptors (Lipinski definition) is 4. The Morgan fingerprint density at radius 1 is 1.14 bits per heavy atom. The van der Waals surface area contributed by atoms with E-state index in [1.165, 1.54) is 18.6 Å². The van der Waals surface area contributed by atoms with E-state index in [4.69, 9.17) is 4.42 Å². The maximum Gasteiger partial charge on any atom is 0.416 e. The van der Waals surface area contributed by atoms with Gasteiger partial charge in [-0.05, 0) is 56.3 Å². The van der Waals surface area contributed by atoms with E-state index in [0.717, 1.165) is 43.8 Å². The fourth-order valence-corrected chi connectivity index (χ4v) is 3.38. The molecule has 1 unspecified atom stereocenters. The second-order valence-corrected chi connectivity index (χ2v) is 6.86. The minimum Gasteiger partial charge on any atom is -0.468 e. The molecule has 28 heavy (non-hydrogen) atoms. The summed E-state index contributed by atoms with van der Waals surface area (Å²) < 4.78 is 43.8. The number of benzene rings is 1. The second-order valence-electron chi connectivity index (χ2n) is 6.86. The van der Waals surface area contributed by atoms with Crippen LogP contribution in [0.2, 0.25) is 0 Å². The fourth-order valence-electron chi connectivity index (χ4n) is 3.38. The van der Waals surface area contributed by atoms with Crippen LogP contribution >= 0.6 is 0 Å². The topological polar surface area (TPSA) is 57.5 Å². The number of nitrogens with one attached hydrogen (secondary N) is 2. The number of alkyl halides is 3. The van der Waals surface area contributed by atoms with Crippen molar-refractivity contribution < 1.29 is 22.4 Å². The number of anilines is 1. The van der Waals surface area contributed by atoms with Gasteiger partial charge in [0, 0.05) is 12.2 Å². The Labute approximate surface area is 161 Å². The van der Waals surface area contributed by atoms with E-state index in [-0.39, 0.29) is 24.2 Å². The van der Waals surface area contributed by atoms with E-state index in [1.807, 2.05) is 12.1 Å². The minimum atomic E-state index is -4.41. The third-order valence-corrected chi connectivity index (χ3v) is 4.84. The molecule has 1 fully saturated rings. The number of halogens is 3. The molecule has 3 rings (SSSR count). The summed E-state index contributed by atoms with van der Waals surface area (Å²) in [5, 5.41) is 5.60. The SMILES string of the molecule is O=C(CNc1cccc(C(F)(F)F)c1)NCC(c1ccco1)N1CCCCC1. The summed E-state index contributed by atoms with van der Waals surface area (Å²) in [5.74, 6) is 0.513. The normalized spacial score (nSPS) is 16.5. The van der Waals surface area contributed by atoms with E-state index >= 15 is 0 Å². The number of nitrogens with zero attached hydrogens (tertiary/aromatic N) is 1.